The van der Waals surface area contributed by atoms with Crippen LogP contribution in [0.4, 0.5) is 0 Å². The summed E-state index contributed by atoms with van der Waals surface area (Å²) >= 11 is 6.17. The van der Waals surface area contributed by atoms with Crippen molar-refractivity contribution in [3.05, 3.63) is 70.2 Å². The highest BCUT2D eigenvalue weighted by Gasteiger charge is 2.40. The summed E-state index contributed by atoms with van der Waals surface area (Å²) in [5.74, 6) is -0.416. The van der Waals surface area contributed by atoms with Gasteiger partial charge in [0.05, 0.1) is 5.41 Å². The molecule has 1 aliphatic rings. The van der Waals surface area contributed by atoms with Crippen molar-refractivity contribution in [2.45, 2.75) is 44.1 Å². The summed E-state index contributed by atoms with van der Waals surface area (Å²) in [6, 6.07) is 14.6. The zero-order valence-electron chi connectivity index (χ0n) is 14.6. The van der Waals surface area contributed by atoms with Crippen LogP contribution in [0.2, 0.25) is 5.02 Å². The SMILES string of the molecule is NC(=O)c1ccc(CNC(=O)C2(c3cccc(Cl)c3)CCCCC2)cc1. The number of amides is 2. The molecule has 5 heteroatoms. The number of hydrogen-bond donors (Lipinski definition) is 2. The highest BCUT2D eigenvalue weighted by molar-refractivity contribution is 6.30. The number of carbonyl (C=O) groups is 2. The molecule has 0 bridgehead atoms. The number of nitrogens with two attached hydrogens (primary N) is 1. The Balaban J connectivity index is 1.77. The Hall–Kier alpha value is -2.33. The Morgan fingerprint density at radius 3 is 2.35 bits per heavy atom. The van der Waals surface area contributed by atoms with E-state index in [-0.39, 0.29) is 5.91 Å². The molecular formula is C21H23ClN2O2. The lowest BCUT2D eigenvalue weighted by Gasteiger charge is -2.36. The van der Waals surface area contributed by atoms with Crippen LogP contribution >= 0.6 is 11.6 Å². The second kappa shape index (κ2) is 7.92. The third-order valence-corrected chi connectivity index (χ3v) is 5.45. The van der Waals surface area contributed by atoms with E-state index in [4.69, 9.17) is 17.3 Å². The fraction of sp³-hybridized carbons (Fsp3) is 0.333. The quantitative estimate of drug-likeness (QED) is 0.836. The molecule has 3 N–H and O–H groups in total. The van der Waals surface area contributed by atoms with E-state index in [1.807, 2.05) is 36.4 Å². The molecule has 3 rings (SSSR count). The first kappa shape index (κ1) is 18.5. The summed E-state index contributed by atoms with van der Waals surface area (Å²) in [5, 5.41) is 3.73. The Labute approximate surface area is 158 Å². The van der Waals surface area contributed by atoms with Gasteiger partial charge in [-0.15, -0.1) is 0 Å². The minimum Gasteiger partial charge on any atom is -0.366 e. The molecule has 0 spiro atoms. The zero-order chi connectivity index (χ0) is 18.6. The molecule has 0 saturated heterocycles. The maximum Gasteiger partial charge on any atom is 0.248 e. The van der Waals surface area contributed by atoms with Gasteiger partial charge in [-0.25, -0.2) is 0 Å². The number of rotatable bonds is 5. The molecular weight excluding hydrogens is 348 g/mol. The molecule has 0 radical (unpaired) electrons. The van der Waals surface area contributed by atoms with Gasteiger partial charge in [0.1, 0.15) is 0 Å². The average Bonchev–Trinajstić information content (AvgIpc) is 2.67. The number of benzene rings is 2. The molecule has 0 aliphatic heterocycles. The summed E-state index contributed by atoms with van der Waals surface area (Å²) < 4.78 is 0. The molecule has 2 aromatic carbocycles. The fourth-order valence-corrected chi connectivity index (χ4v) is 3.92. The molecule has 2 aromatic rings. The summed E-state index contributed by atoms with van der Waals surface area (Å²) in [7, 11) is 0. The van der Waals surface area contributed by atoms with E-state index < -0.39 is 11.3 Å². The van der Waals surface area contributed by atoms with Gasteiger partial charge in [0.15, 0.2) is 0 Å². The van der Waals surface area contributed by atoms with Crippen molar-refractivity contribution in [1.82, 2.24) is 5.32 Å². The Kier molecular flexibility index (Phi) is 5.62. The highest BCUT2D eigenvalue weighted by Crippen LogP contribution is 2.40. The van der Waals surface area contributed by atoms with Crippen molar-refractivity contribution in [3.8, 4) is 0 Å². The second-order valence-electron chi connectivity index (χ2n) is 6.90. The first-order valence-electron chi connectivity index (χ1n) is 8.94. The van der Waals surface area contributed by atoms with Crippen LogP contribution in [0.5, 0.6) is 0 Å². The van der Waals surface area contributed by atoms with Gasteiger partial charge < -0.3 is 11.1 Å². The van der Waals surface area contributed by atoms with Crippen molar-refractivity contribution in [3.63, 3.8) is 0 Å². The molecule has 0 aromatic heterocycles. The molecule has 1 saturated carbocycles. The van der Waals surface area contributed by atoms with Crippen LogP contribution in [-0.4, -0.2) is 11.8 Å². The summed E-state index contributed by atoms with van der Waals surface area (Å²) in [5.41, 5.74) is 7.12. The van der Waals surface area contributed by atoms with Gasteiger partial charge >= 0.3 is 0 Å². The summed E-state index contributed by atoms with van der Waals surface area (Å²) in [6.07, 6.45) is 4.89. The second-order valence-corrected chi connectivity index (χ2v) is 7.33. The largest absolute Gasteiger partial charge is 0.366 e. The third-order valence-electron chi connectivity index (χ3n) is 5.21. The number of halogens is 1. The summed E-state index contributed by atoms with van der Waals surface area (Å²) in [4.78, 5) is 24.3. The highest BCUT2D eigenvalue weighted by atomic mass is 35.5. The Bertz CT molecular complexity index is 796. The van der Waals surface area contributed by atoms with Crippen molar-refractivity contribution in [2.24, 2.45) is 5.73 Å². The van der Waals surface area contributed by atoms with Crippen molar-refractivity contribution in [1.29, 1.82) is 0 Å². The fourth-order valence-electron chi connectivity index (χ4n) is 3.73. The van der Waals surface area contributed by atoms with Gasteiger partial charge in [-0.2, -0.15) is 0 Å². The average molecular weight is 371 g/mol. The Morgan fingerprint density at radius 1 is 1.04 bits per heavy atom. The van der Waals surface area contributed by atoms with Gasteiger partial charge in [0.2, 0.25) is 11.8 Å². The first-order valence-corrected chi connectivity index (χ1v) is 9.32. The van der Waals surface area contributed by atoms with Crippen LogP contribution in [0.15, 0.2) is 48.5 Å². The van der Waals surface area contributed by atoms with E-state index >= 15 is 0 Å². The third kappa shape index (κ3) is 3.91. The predicted molar refractivity (Wildman–Crippen MR) is 103 cm³/mol. The topological polar surface area (TPSA) is 72.2 Å². The summed E-state index contributed by atoms with van der Waals surface area (Å²) in [6.45, 7) is 0.417. The van der Waals surface area contributed by atoms with Crippen LogP contribution in [0.1, 0.15) is 53.6 Å². The molecule has 0 unspecified atom stereocenters. The molecule has 2 amide bonds. The molecule has 26 heavy (non-hydrogen) atoms. The molecule has 0 heterocycles. The molecule has 4 nitrogen and oxygen atoms in total. The number of primary amides is 1. The standard InChI is InChI=1S/C21H23ClN2O2/c22-18-6-4-5-17(13-18)21(11-2-1-3-12-21)20(26)24-14-15-7-9-16(10-8-15)19(23)25/h4-10,13H,1-3,11-12,14H2,(H2,23,25)(H,24,26). The molecule has 136 valence electrons. The van der Waals surface area contributed by atoms with Crippen molar-refractivity contribution >= 4 is 23.4 Å². The van der Waals surface area contributed by atoms with Crippen molar-refractivity contribution in [2.75, 3.05) is 0 Å². The normalized spacial score (nSPS) is 16.0. The van der Waals surface area contributed by atoms with Gasteiger partial charge in [-0.1, -0.05) is 55.1 Å². The lowest BCUT2D eigenvalue weighted by atomic mass is 9.68. The Morgan fingerprint density at radius 2 is 1.73 bits per heavy atom. The van der Waals surface area contributed by atoms with Crippen LogP contribution in [0.25, 0.3) is 0 Å². The van der Waals surface area contributed by atoms with E-state index in [0.717, 1.165) is 43.2 Å². The predicted octanol–water partition coefficient (Wildman–Crippen LogP) is 3.96. The molecule has 1 fully saturated rings. The number of hydrogen-bond acceptors (Lipinski definition) is 2. The van der Waals surface area contributed by atoms with Crippen LogP contribution in [0.3, 0.4) is 0 Å². The lowest BCUT2D eigenvalue weighted by Crippen LogP contribution is -2.45. The number of carbonyl (C=O) groups excluding carboxylic acids is 2. The van der Waals surface area contributed by atoms with E-state index in [0.29, 0.717) is 17.1 Å². The minimum absolute atomic E-state index is 0.0402. The van der Waals surface area contributed by atoms with Gasteiger partial charge in [0, 0.05) is 17.1 Å². The monoisotopic (exact) mass is 370 g/mol. The van der Waals surface area contributed by atoms with E-state index in [1.165, 1.54) is 0 Å². The van der Waals surface area contributed by atoms with Gasteiger partial charge in [-0.3, -0.25) is 9.59 Å². The molecule has 1 aliphatic carbocycles. The van der Waals surface area contributed by atoms with Gasteiger partial charge in [-0.05, 0) is 48.2 Å². The lowest BCUT2D eigenvalue weighted by molar-refractivity contribution is -0.128. The van der Waals surface area contributed by atoms with Crippen LogP contribution in [-0.2, 0) is 16.8 Å². The maximum atomic E-state index is 13.2. The first-order chi connectivity index (χ1) is 12.5. The zero-order valence-corrected chi connectivity index (χ0v) is 15.4. The van der Waals surface area contributed by atoms with Crippen molar-refractivity contribution < 1.29 is 9.59 Å². The number of nitrogens with one attached hydrogen (secondary N) is 1. The van der Waals surface area contributed by atoms with E-state index in [1.54, 1.807) is 12.1 Å². The maximum absolute atomic E-state index is 13.2. The smallest absolute Gasteiger partial charge is 0.248 e. The van der Waals surface area contributed by atoms with E-state index in [2.05, 4.69) is 5.32 Å². The minimum atomic E-state index is -0.518. The van der Waals surface area contributed by atoms with Gasteiger partial charge in [0.25, 0.3) is 0 Å². The van der Waals surface area contributed by atoms with Crippen LogP contribution < -0.4 is 11.1 Å². The van der Waals surface area contributed by atoms with Crippen LogP contribution in [0, 0.1) is 0 Å². The molecule has 0 atom stereocenters. The van der Waals surface area contributed by atoms with E-state index in [9.17, 15) is 9.59 Å².